The maximum atomic E-state index is 8.87. The normalized spacial score (nSPS) is 10.2. The highest BCUT2D eigenvalue weighted by atomic mass is 79.9. The second-order valence-electron chi connectivity index (χ2n) is 5.62. The summed E-state index contributed by atoms with van der Waals surface area (Å²) in [6, 6.07) is 17.2. The first-order valence-electron chi connectivity index (χ1n) is 7.69. The monoisotopic (exact) mass is 393 g/mol. The molecule has 0 atom stereocenters. The molecule has 1 heterocycles. The number of nitrogens with one attached hydrogen (secondary N) is 2. The minimum Gasteiger partial charge on any atom is -0.340 e. The highest BCUT2D eigenvalue weighted by Gasteiger charge is 2.05. The Morgan fingerprint density at radius 2 is 1.64 bits per heavy atom. The molecule has 25 heavy (non-hydrogen) atoms. The number of nitrogens with zero attached hydrogens (tertiary/aromatic N) is 3. The predicted octanol–water partition coefficient (Wildman–Crippen LogP) is 5.21. The van der Waals surface area contributed by atoms with Crippen molar-refractivity contribution in [3.8, 4) is 6.07 Å². The van der Waals surface area contributed by atoms with Gasteiger partial charge in [-0.05, 0) is 55.8 Å². The molecule has 0 aliphatic carbocycles. The van der Waals surface area contributed by atoms with Gasteiger partial charge in [0.15, 0.2) is 0 Å². The fourth-order valence-electron chi connectivity index (χ4n) is 2.26. The number of halogens is 1. The Hall–Kier alpha value is -2.91. The first-order valence-corrected chi connectivity index (χ1v) is 8.49. The van der Waals surface area contributed by atoms with Crippen LogP contribution in [0.25, 0.3) is 0 Å². The second kappa shape index (κ2) is 7.32. The third kappa shape index (κ3) is 4.34. The smallest absolute Gasteiger partial charge is 0.229 e. The van der Waals surface area contributed by atoms with E-state index >= 15 is 0 Å². The Balaban J connectivity index is 1.82. The number of hydrogen-bond donors (Lipinski definition) is 2. The summed E-state index contributed by atoms with van der Waals surface area (Å²) in [5.74, 6) is 1.21. The molecule has 0 spiro atoms. The Morgan fingerprint density at radius 3 is 2.32 bits per heavy atom. The molecule has 1 aromatic heterocycles. The van der Waals surface area contributed by atoms with Crippen molar-refractivity contribution >= 4 is 39.1 Å². The molecule has 0 radical (unpaired) electrons. The molecule has 3 rings (SSSR count). The van der Waals surface area contributed by atoms with Crippen LogP contribution in [0.1, 0.15) is 16.8 Å². The molecule has 2 aromatic carbocycles. The van der Waals surface area contributed by atoms with E-state index in [1.54, 1.807) is 12.1 Å². The van der Waals surface area contributed by atoms with E-state index in [0.29, 0.717) is 17.3 Å². The maximum absolute atomic E-state index is 8.87. The van der Waals surface area contributed by atoms with Gasteiger partial charge in [-0.3, -0.25) is 0 Å². The van der Waals surface area contributed by atoms with Gasteiger partial charge >= 0.3 is 0 Å². The summed E-state index contributed by atoms with van der Waals surface area (Å²) in [5, 5.41) is 15.3. The third-order valence-corrected chi connectivity index (χ3v) is 4.42. The summed E-state index contributed by atoms with van der Waals surface area (Å²) in [7, 11) is 0. The van der Waals surface area contributed by atoms with Gasteiger partial charge in [0, 0.05) is 27.6 Å². The van der Waals surface area contributed by atoms with Crippen LogP contribution in [0.3, 0.4) is 0 Å². The zero-order valence-electron chi connectivity index (χ0n) is 13.8. The fourth-order valence-corrected chi connectivity index (χ4v) is 2.64. The quantitative estimate of drug-likeness (QED) is 0.635. The standard InChI is InChI=1S/C19H16BrN5/c1-12-3-6-16(10-17(12)20)24-19-22-13(2)9-18(25-19)23-15-7-4-14(11-21)5-8-15/h3-10H,1-2H3,(H2,22,23,24,25). The van der Waals surface area contributed by atoms with Crippen LogP contribution in [0, 0.1) is 25.2 Å². The van der Waals surface area contributed by atoms with Crippen molar-refractivity contribution < 1.29 is 0 Å². The summed E-state index contributed by atoms with van der Waals surface area (Å²) in [6.07, 6.45) is 0. The van der Waals surface area contributed by atoms with E-state index in [9.17, 15) is 0 Å². The van der Waals surface area contributed by atoms with Gasteiger partial charge in [-0.25, -0.2) is 4.98 Å². The average molecular weight is 394 g/mol. The minimum atomic E-state index is 0.520. The van der Waals surface area contributed by atoms with Gasteiger partial charge in [0.1, 0.15) is 5.82 Å². The van der Waals surface area contributed by atoms with Crippen LogP contribution in [0.5, 0.6) is 0 Å². The molecular formula is C19H16BrN5. The molecule has 5 nitrogen and oxygen atoms in total. The van der Waals surface area contributed by atoms with Crippen LogP contribution >= 0.6 is 15.9 Å². The summed E-state index contributed by atoms with van der Waals surface area (Å²) in [6.45, 7) is 3.96. The predicted molar refractivity (Wildman–Crippen MR) is 103 cm³/mol. The summed E-state index contributed by atoms with van der Waals surface area (Å²) in [5.41, 5.74) is 4.41. The summed E-state index contributed by atoms with van der Waals surface area (Å²) in [4.78, 5) is 8.93. The highest BCUT2D eigenvalue weighted by Crippen LogP contribution is 2.23. The second-order valence-corrected chi connectivity index (χ2v) is 6.48. The Bertz CT molecular complexity index is 945. The Kier molecular flexibility index (Phi) is 4.96. The molecule has 2 N–H and O–H groups in total. The van der Waals surface area contributed by atoms with Gasteiger partial charge in [0.05, 0.1) is 11.6 Å². The molecule has 124 valence electrons. The summed E-state index contributed by atoms with van der Waals surface area (Å²) < 4.78 is 1.03. The lowest BCUT2D eigenvalue weighted by Crippen LogP contribution is -2.02. The third-order valence-electron chi connectivity index (χ3n) is 3.57. The van der Waals surface area contributed by atoms with Gasteiger partial charge in [0.25, 0.3) is 0 Å². The molecule has 0 saturated carbocycles. The van der Waals surface area contributed by atoms with Crippen molar-refractivity contribution in [2.75, 3.05) is 10.6 Å². The number of benzene rings is 2. The summed E-state index contributed by atoms with van der Waals surface area (Å²) >= 11 is 3.53. The largest absolute Gasteiger partial charge is 0.340 e. The van der Waals surface area contributed by atoms with Crippen LogP contribution in [-0.2, 0) is 0 Å². The maximum Gasteiger partial charge on any atom is 0.229 e. The van der Waals surface area contributed by atoms with Gasteiger partial charge in [-0.2, -0.15) is 10.2 Å². The van der Waals surface area contributed by atoms with Crippen molar-refractivity contribution in [2.24, 2.45) is 0 Å². The van der Waals surface area contributed by atoms with E-state index in [1.807, 2.05) is 50.2 Å². The van der Waals surface area contributed by atoms with Gasteiger partial charge < -0.3 is 10.6 Å². The van der Waals surface area contributed by atoms with E-state index < -0.39 is 0 Å². The van der Waals surface area contributed by atoms with E-state index in [0.717, 1.165) is 21.5 Å². The molecular weight excluding hydrogens is 378 g/mol. The van der Waals surface area contributed by atoms with Gasteiger partial charge in [-0.1, -0.05) is 22.0 Å². The molecule has 0 fully saturated rings. The van der Waals surface area contributed by atoms with E-state index in [-0.39, 0.29) is 0 Å². The van der Waals surface area contributed by atoms with Crippen LogP contribution in [0.2, 0.25) is 0 Å². The van der Waals surface area contributed by atoms with Crippen molar-refractivity contribution in [3.05, 3.63) is 69.8 Å². The molecule has 6 heteroatoms. The lowest BCUT2D eigenvalue weighted by Gasteiger charge is -2.11. The molecule has 0 amide bonds. The Morgan fingerprint density at radius 1 is 0.920 bits per heavy atom. The molecule has 0 aliphatic heterocycles. The van der Waals surface area contributed by atoms with E-state index in [4.69, 9.17) is 5.26 Å². The number of aromatic nitrogens is 2. The Labute approximate surface area is 154 Å². The number of anilines is 4. The van der Waals surface area contributed by atoms with Crippen LogP contribution in [0.4, 0.5) is 23.1 Å². The lowest BCUT2D eigenvalue weighted by atomic mass is 10.2. The minimum absolute atomic E-state index is 0.520. The topological polar surface area (TPSA) is 73.6 Å². The van der Waals surface area contributed by atoms with Crippen molar-refractivity contribution in [1.82, 2.24) is 9.97 Å². The zero-order valence-corrected chi connectivity index (χ0v) is 15.4. The van der Waals surface area contributed by atoms with Gasteiger partial charge in [-0.15, -0.1) is 0 Å². The van der Waals surface area contributed by atoms with Crippen LogP contribution < -0.4 is 10.6 Å². The molecule has 0 saturated heterocycles. The van der Waals surface area contributed by atoms with Crippen LogP contribution in [-0.4, -0.2) is 9.97 Å². The van der Waals surface area contributed by atoms with Crippen molar-refractivity contribution in [3.63, 3.8) is 0 Å². The van der Waals surface area contributed by atoms with Crippen molar-refractivity contribution in [1.29, 1.82) is 5.26 Å². The molecule has 0 aliphatic rings. The number of hydrogen-bond acceptors (Lipinski definition) is 5. The van der Waals surface area contributed by atoms with Crippen LogP contribution in [0.15, 0.2) is 53.0 Å². The lowest BCUT2D eigenvalue weighted by molar-refractivity contribution is 1.11. The molecule has 0 unspecified atom stereocenters. The zero-order chi connectivity index (χ0) is 17.8. The highest BCUT2D eigenvalue weighted by molar-refractivity contribution is 9.10. The van der Waals surface area contributed by atoms with E-state index in [1.165, 1.54) is 5.56 Å². The number of rotatable bonds is 4. The molecule has 0 bridgehead atoms. The SMILES string of the molecule is Cc1cc(Nc2ccc(C#N)cc2)nc(Nc2ccc(C)c(Br)c2)n1. The van der Waals surface area contributed by atoms with E-state index in [2.05, 4.69) is 42.6 Å². The molecule has 3 aromatic rings. The van der Waals surface area contributed by atoms with Gasteiger partial charge in [0.2, 0.25) is 5.95 Å². The number of nitriles is 1. The fraction of sp³-hybridized carbons (Fsp3) is 0.105. The number of aryl methyl sites for hydroxylation is 2. The average Bonchev–Trinajstić information content (AvgIpc) is 2.58. The first-order chi connectivity index (χ1) is 12.0. The first kappa shape index (κ1) is 16.9. The van der Waals surface area contributed by atoms with Crippen molar-refractivity contribution in [2.45, 2.75) is 13.8 Å².